The lowest BCUT2D eigenvalue weighted by atomic mass is 10.2. The van der Waals surface area contributed by atoms with Crippen molar-refractivity contribution in [3.8, 4) is 0 Å². The largest absolute Gasteiger partial charge is 0.569 e. The first-order valence-electron chi connectivity index (χ1n) is 6.98. The third-order valence-corrected chi connectivity index (χ3v) is 3.16. The molecule has 1 heterocycles. The van der Waals surface area contributed by atoms with Crippen LogP contribution in [0.2, 0.25) is 0 Å². The second kappa shape index (κ2) is 8.40. The average molecular weight is 302 g/mol. The fourth-order valence-electron chi connectivity index (χ4n) is 1.93. The van der Waals surface area contributed by atoms with Crippen molar-refractivity contribution in [2.24, 2.45) is 5.28 Å². The SMILES string of the molecule is CC(ON=[N+]([O-])N(C)CCCCCO)N1C(=O)CCC1=O. The van der Waals surface area contributed by atoms with Crippen molar-refractivity contribution in [1.82, 2.24) is 9.91 Å². The predicted octanol–water partition coefficient (Wildman–Crippen LogP) is 0.385. The number of amides is 2. The molecule has 1 N–H and O–H groups in total. The van der Waals surface area contributed by atoms with Crippen LogP contribution in [-0.2, 0) is 14.4 Å². The molecule has 1 aliphatic heterocycles. The summed E-state index contributed by atoms with van der Waals surface area (Å²) in [7, 11) is 1.55. The highest BCUT2D eigenvalue weighted by Crippen LogP contribution is 2.16. The van der Waals surface area contributed by atoms with Crippen LogP contribution in [-0.4, -0.2) is 58.2 Å². The van der Waals surface area contributed by atoms with Crippen molar-refractivity contribution in [3.05, 3.63) is 5.21 Å². The van der Waals surface area contributed by atoms with Gasteiger partial charge < -0.3 is 15.2 Å². The summed E-state index contributed by atoms with van der Waals surface area (Å²) >= 11 is 0. The van der Waals surface area contributed by atoms with Gasteiger partial charge in [0.25, 0.3) is 0 Å². The van der Waals surface area contributed by atoms with E-state index in [1.165, 1.54) is 11.9 Å². The Bertz CT molecular complexity index is 385. The number of imide groups is 1. The van der Waals surface area contributed by atoms with E-state index < -0.39 is 6.23 Å². The lowest BCUT2D eigenvalue weighted by Gasteiger charge is -2.19. The Morgan fingerprint density at radius 2 is 2.00 bits per heavy atom. The number of carbonyl (C=O) groups excluding carboxylic acids is 2. The third-order valence-electron chi connectivity index (χ3n) is 3.16. The van der Waals surface area contributed by atoms with Gasteiger partial charge in [-0.3, -0.25) is 9.59 Å². The van der Waals surface area contributed by atoms with Crippen LogP contribution < -0.4 is 0 Å². The van der Waals surface area contributed by atoms with Crippen molar-refractivity contribution >= 4 is 11.8 Å². The number of nitrogens with zero attached hydrogens (tertiary/aromatic N) is 4. The predicted molar refractivity (Wildman–Crippen MR) is 71.3 cm³/mol. The van der Waals surface area contributed by atoms with Gasteiger partial charge in [0, 0.05) is 19.4 Å². The van der Waals surface area contributed by atoms with Crippen LogP contribution in [0.25, 0.3) is 0 Å². The van der Waals surface area contributed by atoms with Gasteiger partial charge in [-0.2, -0.15) is 0 Å². The van der Waals surface area contributed by atoms with E-state index in [9.17, 15) is 14.8 Å². The van der Waals surface area contributed by atoms with E-state index in [0.29, 0.717) is 13.0 Å². The summed E-state index contributed by atoms with van der Waals surface area (Å²) in [5.41, 5.74) is 0. The Hall–Kier alpha value is -1.90. The Morgan fingerprint density at radius 3 is 2.57 bits per heavy atom. The molecular formula is C12H22N4O5. The maximum Gasteiger partial charge on any atom is 0.235 e. The van der Waals surface area contributed by atoms with Crippen LogP contribution in [0.1, 0.15) is 39.0 Å². The summed E-state index contributed by atoms with van der Waals surface area (Å²) in [6.07, 6.45) is 1.67. The number of unbranched alkanes of at least 4 members (excludes halogenated alkanes) is 2. The summed E-state index contributed by atoms with van der Waals surface area (Å²) in [5.74, 6) is -0.644. The van der Waals surface area contributed by atoms with Gasteiger partial charge >= 0.3 is 0 Å². The average Bonchev–Trinajstić information content (AvgIpc) is 2.79. The van der Waals surface area contributed by atoms with Gasteiger partial charge in [0.15, 0.2) is 0 Å². The maximum atomic E-state index is 11.6. The molecule has 0 aromatic rings. The van der Waals surface area contributed by atoms with Gasteiger partial charge in [0.2, 0.25) is 23.3 Å². The minimum Gasteiger partial charge on any atom is -0.569 e. The molecule has 1 saturated heterocycles. The molecule has 0 aromatic carbocycles. The van der Waals surface area contributed by atoms with E-state index in [-0.39, 0.29) is 36.2 Å². The summed E-state index contributed by atoms with van der Waals surface area (Å²) in [6.45, 7) is 2.08. The fourth-order valence-corrected chi connectivity index (χ4v) is 1.93. The van der Waals surface area contributed by atoms with Crippen LogP contribution in [0.5, 0.6) is 0 Å². The molecule has 9 nitrogen and oxygen atoms in total. The molecule has 1 atom stereocenters. The highest BCUT2D eigenvalue weighted by atomic mass is 16.7. The Labute approximate surface area is 123 Å². The molecule has 2 amide bonds. The Morgan fingerprint density at radius 1 is 1.38 bits per heavy atom. The first-order valence-corrected chi connectivity index (χ1v) is 6.98. The summed E-state index contributed by atoms with van der Waals surface area (Å²) in [4.78, 5) is 29.1. The van der Waals surface area contributed by atoms with Crippen LogP contribution in [0.15, 0.2) is 5.28 Å². The van der Waals surface area contributed by atoms with Gasteiger partial charge in [-0.15, -0.1) is 5.01 Å². The van der Waals surface area contributed by atoms with Crippen LogP contribution in [0.4, 0.5) is 0 Å². The fraction of sp³-hybridized carbons (Fsp3) is 0.833. The summed E-state index contributed by atoms with van der Waals surface area (Å²) in [6, 6.07) is 0. The van der Waals surface area contributed by atoms with E-state index in [1.54, 1.807) is 7.05 Å². The lowest BCUT2D eigenvalue weighted by molar-refractivity contribution is -0.707. The Kier molecular flexibility index (Phi) is 6.86. The molecule has 0 aliphatic carbocycles. The number of aliphatic hydroxyl groups is 1. The van der Waals surface area contributed by atoms with Gasteiger partial charge in [-0.05, 0) is 26.2 Å². The van der Waals surface area contributed by atoms with Gasteiger partial charge in [-0.25, -0.2) is 4.90 Å². The van der Waals surface area contributed by atoms with E-state index in [4.69, 9.17) is 9.94 Å². The number of aliphatic hydroxyl groups excluding tert-OH is 1. The van der Waals surface area contributed by atoms with E-state index >= 15 is 0 Å². The second-order valence-electron chi connectivity index (χ2n) is 4.86. The topological polar surface area (TPSA) is 109 Å². The van der Waals surface area contributed by atoms with Gasteiger partial charge in [-0.1, -0.05) is 0 Å². The van der Waals surface area contributed by atoms with E-state index in [0.717, 1.165) is 17.7 Å². The molecule has 0 radical (unpaired) electrons. The summed E-state index contributed by atoms with van der Waals surface area (Å²) < 4.78 is 0. The molecule has 0 saturated carbocycles. The number of carbonyl (C=O) groups is 2. The van der Waals surface area contributed by atoms with Crippen molar-refractivity contribution in [2.45, 2.75) is 45.3 Å². The molecule has 0 aromatic heterocycles. The number of hydrogen-bond acceptors (Lipinski definition) is 6. The number of hydrazine groups is 1. The van der Waals surface area contributed by atoms with Gasteiger partial charge in [0.05, 0.1) is 18.6 Å². The lowest BCUT2D eigenvalue weighted by Crippen LogP contribution is -2.39. The minimum absolute atomic E-state index is 0.133. The van der Waals surface area contributed by atoms with Crippen molar-refractivity contribution in [3.63, 3.8) is 0 Å². The molecule has 1 unspecified atom stereocenters. The van der Waals surface area contributed by atoms with Crippen LogP contribution in [0.3, 0.4) is 0 Å². The molecule has 9 heteroatoms. The number of hydrogen-bond donors (Lipinski definition) is 1. The van der Waals surface area contributed by atoms with Gasteiger partial charge in [0.1, 0.15) is 0 Å². The summed E-state index contributed by atoms with van der Waals surface area (Å²) in [5, 5.41) is 24.9. The molecule has 0 spiro atoms. The molecule has 21 heavy (non-hydrogen) atoms. The highest BCUT2D eigenvalue weighted by Gasteiger charge is 2.34. The first kappa shape index (κ1) is 17.2. The molecule has 1 aliphatic rings. The minimum atomic E-state index is -0.897. The number of likely N-dealkylation sites (tertiary alicyclic amines) is 1. The molecule has 1 fully saturated rings. The maximum absolute atomic E-state index is 11.6. The smallest absolute Gasteiger partial charge is 0.235 e. The quantitative estimate of drug-likeness (QED) is 0.217. The number of rotatable bonds is 9. The monoisotopic (exact) mass is 302 g/mol. The van der Waals surface area contributed by atoms with Crippen LogP contribution in [0, 0.1) is 5.21 Å². The highest BCUT2D eigenvalue weighted by molar-refractivity contribution is 6.02. The molecule has 120 valence electrons. The zero-order valence-corrected chi connectivity index (χ0v) is 12.4. The Balaban J connectivity index is 2.39. The molecule has 1 rings (SSSR count). The van der Waals surface area contributed by atoms with Crippen molar-refractivity contribution in [1.29, 1.82) is 0 Å². The zero-order valence-electron chi connectivity index (χ0n) is 12.4. The first-order chi connectivity index (χ1) is 9.97. The normalized spacial score (nSPS) is 17.3. The van der Waals surface area contributed by atoms with Crippen molar-refractivity contribution < 1.29 is 24.5 Å². The van der Waals surface area contributed by atoms with Crippen LogP contribution >= 0.6 is 0 Å². The third kappa shape index (κ3) is 5.18. The zero-order chi connectivity index (χ0) is 15.8. The molecular weight excluding hydrogens is 280 g/mol. The van der Waals surface area contributed by atoms with E-state index in [1.807, 2.05) is 0 Å². The standard InChI is InChI=1S/C12H22N4O5/c1-10(15-11(18)6-7-12(15)19)21-13-16(20)14(2)8-4-3-5-9-17/h10,17H,3-9H2,1-2H3. The second-order valence-corrected chi connectivity index (χ2v) is 4.86. The van der Waals surface area contributed by atoms with E-state index in [2.05, 4.69) is 5.28 Å². The molecule has 0 bridgehead atoms. The van der Waals surface area contributed by atoms with Crippen molar-refractivity contribution in [2.75, 3.05) is 20.2 Å².